The van der Waals surface area contributed by atoms with E-state index in [4.69, 9.17) is 9.47 Å². The first kappa shape index (κ1) is 15.9. The predicted molar refractivity (Wildman–Crippen MR) is 90.5 cm³/mol. The fourth-order valence-corrected chi connectivity index (χ4v) is 2.35. The van der Waals surface area contributed by atoms with Crippen LogP contribution in [-0.4, -0.2) is 24.5 Å². The van der Waals surface area contributed by atoms with Gasteiger partial charge in [0.2, 0.25) is 0 Å². The molecule has 0 aromatic heterocycles. The number of carbonyl (C=O) groups is 2. The van der Waals surface area contributed by atoms with E-state index in [0.29, 0.717) is 22.9 Å². The van der Waals surface area contributed by atoms with Gasteiger partial charge in [0.1, 0.15) is 11.5 Å². The molecule has 0 saturated carbocycles. The van der Waals surface area contributed by atoms with Gasteiger partial charge in [-0.3, -0.25) is 9.59 Å². The lowest BCUT2D eigenvalue weighted by Crippen LogP contribution is -2.34. The van der Waals surface area contributed by atoms with Gasteiger partial charge in [0.05, 0.1) is 5.69 Å². The highest BCUT2D eigenvalue weighted by Gasteiger charge is 2.23. The summed E-state index contributed by atoms with van der Waals surface area (Å²) in [4.78, 5) is 23.7. The van der Waals surface area contributed by atoms with Gasteiger partial charge in [0.15, 0.2) is 12.7 Å². The summed E-state index contributed by atoms with van der Waals surface area (Å²) >= 11 is 0. The number of carbonyl (C=O) groups excluding carboxylic acids is 2. The van der Waals surface area contributed by atoms with Crippen LogP contribution in [0, 0.1) is 6.92 Å². The minimum Gasteiger partial charge on any atom is -0.483 e. The molecule has 3 rings (SSSR count). The Morgan fingerprint density at radius 1 is 1.29 bits per heavy atom. The summed E-state index contributed by atoms with van der Waals surface area (Å²) in [5.41, 5.74) is 2.06. The second-order valence-electron chi connectivity index (χ2n) is 5.56. The maximum absolute atomic E-state index is 12.0. The van der Waals surface area contributed by atoms with E-state index in [0.717, 1.165) is 5.56 Å². The molecule has 124 valence electrons. The molecule has 0 fully saturated rings. The van der Waals surface area contributed by atoms with E-state index in [1.807, 2.05) is 31.2 Å². The van der Waals surface area contributed by atoms with Crippen LogP contribution in [0.15, 0.2) is 42.5 Å². The summed E-state index contributed by atoms with van der Waals surface area (Å²) in [6.45, 7) is 3.50. The molecule has 0 saturated heterocycles. The number of amides is 2. The largest absolute Gasteiger partial charge is 0.483 e. The molecule has 1 aliphatic rings. The van der Waals surface area contributed by atoms with Crippen molar-refractivity contribution in [1.29, 1.82) is 0 Å². The zero-order chi connectivity index (χ0) is 17.1. The summed E-state index contributed by atoms with van der Waals surface area (Å²) in [7, 11) is 0. The summed E-state index contributed by atoms with van der Waals surface area (Å²) in [5.74, 6) is 0.757. The Morgan fingerprint density at radius 3 is 2.88 bits per heavy atom. The van der Waals surface area contributed by atoms with Crippen molar-refractivity contribution in [2.24, 2.45) is 0 Å². The monoisotopic (exact) mass is 326 g/mol. The van der Waals surface area contributed by atoms with Gasteiger partial charge in [-0.15, -0.1) is 0 Å². The molecule has 6 heteroatoms. The van der Waals surface area contributed by atoms with Crippen molar-refractivity contribution < 1.29 is 19.1 Å². The quantitative estimate of drug-likeness (QED) is 0.906. The molecule has 1 aliphatic heterocycles. The molecule has 2 aromatic carbocycles. The number of nitrogens with one attached hydrogen (secondary N) is 2. The number of aryl methyl sites for hydroxylation is 1. The lowest BCUT2D eigenvalue weighted by atomic mass is 10.2. The Labute approximate surface area is 139 Å². The van der Waals surface area contributed by atoms with Crippen molar-refractivity contribution in [3.8, 4) is 11.5 Å². The van der Waals surface area contributed by atoms with Crippen molar-refractivity contribution >= 4 is 23.2 Å². The summed E-state index contributed by atoms with van der Waals surface area (Å²) in [6, 6.07) is 12.6. The Balaban J connectivity index is 1.62. The van der Waals surface area contributed by atoms with Crippen molar-refractivity contribution in [3.63, 3.8) is 0 Å². The lowest BCUT2D eigenvalue weighted by Gasteiger charge is -2.23. The Bertz CT molecular complexity index is 788. The van der Waals surface area contributed by atoms with Crippen LogP contribution in [0.1, 0.15) is 12.5 Å². The van der Waals surface area contributed by atoms with E-state index in [9.17, 15) is 9.59 Å². The number of anilines is 2. The fourth-order valence-electron chi connectivity index (χ4n) is 2.35. The summed E-state index contributed by atoms with van der Waals surface area (Å²) in [5, 5.41) is 5.48. The van der Waals surface area contributed by atoms with Crippen LogP contribution in [0.4, 0.5) is 11.4 Å². The molecule has 2 amide bonds. The van der Waals surface area contributed by atoms with Gasteiger partial charge in [-0.1, -0.05) is 18.2 Å². The van der Waals surface area contributed by atoms with E-state index in [2.05, 4.69) is 10.6 Å². The molecule has 1 atom stereocenters. The van der Waals surface area contributed by atoms with Gasteiger partial charge < -0.3 is 20.1 Å². The Kier molecular flexibility index (Phi) is 4.37. The van der Waals surface area contributed by atoms with Gasteiger partial charge >= 0.3 is 0 Å². The second kappa shape index (κ2) is 6.62. The maximum atomic E-state index is 12.0. The Hall–Kier alpha value is -3.02. The number of ether oxygens (including phenoxy) is 2. The molecule has 6 nitrogen and oxygen atoms in total. The molecule has 2 N–H and O–H groups in total. The normalized spacial score (nSPS) is 15.8. The van der Waals surface area contributed by atoms with E-state index >= 15 is 0 Å². The van der Waals surface area contributed by atoms with E-state index < -0.39 is 6.10 Å². The molecule has 0 aliphatic carbocycles. The minimum absolute atomic E-state index is 0.0954. The first-order valence-corrected chi connectivity index (χ1v) is 7.63. The van der Waals surface area contributed by atoms with Gasteiger partial charge in [0.25, 0.3) is 11.8 Å². The number of fused-ring (bicyclic) bond motifs is 1. The van der Waals surface area contributed by atoms with Crippen molar-refractivity contribution in [1.82, 2.24) is 0 Å². The second-order valence-corrected chi connectivity index (χ2v) is 5.56. The Morgan fingerprint density at radius 2 is 2.08 bits per heavy atom. The van der Waals surface area contributed by atoms with Gasteiger partial charge in [0, 0.05) is 5.69 Å². The molecule has 24 heavy (non-hydrogen) atoms. The number of rotatable bonds is 4. The van der Waals surface area contributed by atoms with Crippen LogP contribution in [-0.2, 0) is 9.59 Å². The third-order valence-electron chi connectivity index (χ3n) is 3.65. The van der Waals surface area contributed by atoms with Crippen molar-refractivity contribution in [2.75, 3.05) is 17.2 Å². The molecule has 0 radical (unpaired) electrons. The molecule has 0 spiro atoms. The third kappa shape index (κ3) is 3.48. The van der Waals surface area contributed by atoms with Crippen LogP contribution in [0.3, 0.4) is 0 Å². The molecule has 0 bridgehead atoms. The van der Waals surface area contributed by atoms with Crippen LogP contribution in [0.2, 0.25) is 0 Å². The van der Waals surface area contributed by atoms with Crippen LogP contribution < -0.4 is 20.1 Å². The predicted octanol–water partition coefficient (Wildman–Crippen LogP) is 2.73. The maximum Gasteiger partial charge on any atom is 0.265 e. The summed E-state index contributed by atoms with van der Waals surface area (Å²) < 4.78 is 11.0. The number of hydrogen-bond acceptors (Lipinski definition) is 4. The number of hydrogen-bond donors (Lipinski definition) is 2. The first-order valence-electron chi connectivity index (χ1n) is 7.63. The average Bonchev–Trinajstić information content (AvgIpc) is 2.55. The minimum atomic E-state index is -0.527. The van der Waals surface area contributed by atoms with Crippen molar-refractivity contribution in [2.45, 2.75) is 20.0 Å². The topological polar surface area (TPSA) is 76.7 Å². The molecular weight excluding hydrogens is 308 g/mol. The number of benzene rings is 2. The van der Waals surface area contributed by atoms with E-state index in [-0.39, 0.29) is 18.4 Å². The molecule has 1 heterocycles. The molecular formula is C18H18N2O4. The zero-order valence-electron chi connectivity index (χ0n) is 13.5. The van der Waals surface area contributed by atoms with Crippen molar-refractivity contribution in [3.05, 3.63) is 48.0 Å². The highest BCUT2D eigenvalue weighted by molar-refractivity contribution is 5.99. The fraction of sp³-hybridized carbons (Fsp3) is 0.222. The number of para-hydroxylation sites is 1. The smallest absolute Gasteiger partial charge is 0.265 e. The first-order chi connectivity index (χ1) is 11.5. The SMILES string of the molecule is Cc1ccccc1OCC(=O)Nc1ccc2c(c1)NC(=O)[C@H](C)O2. The molecule has 2 aromatic rings. The van der Waals surface area contributed by atoms with E-state index in [1.54, 1.807) is 25.1 Å². The molecule has 0 unspecified atom stereocenters. The highest BCUT2D eigenvalue weighted by atomic mass is 16.5. The van der Waals surface area contributed by atoms with Gasteiger partial charge in [-0.05, 0) is 43.7 Å². The van der Waals surface area contributed by atoms with Crippen LogP contribution >= 0.6 is 0 Å². The van der Waals surface area contributed by atoms with Crippen LogP contribution in [0.25, 0.3) is 0 Å². The van der Waals surface area contributed by atoms with E-state index in [1.165, 1.54) is 0 Å². The third-order valence-corrected chi connectivity index (χ3v) is 3.65. The van der Waals surface area contributed by atoms with Gasteiger partial charge in [-0.2, -0.15) is 0 Å². The zero-order valence-corrected chi connectivity index (χ0v) is 13.5. The lowest BCUT2D eigenvalue weighted by molar-refractivity contribution is -0.122. The highest BCUT2D eigenvalue weighted by Crippen LogP contribution is 2.32. The van der Waals surface area contributed by atoms with Crippen LogP contribution in [0.5, 0.6) is 11.5 Å². The standard InChI is InChI=1S/C18H18N2O4/c1-11-5-3-4-6-15(11)23-10-17(21)19-13-7-8-16-14(9-13)20-18(22)12(2)24-16/h3-9,12H,10H2,1-2H3,(H,19,21)(H,20,22)/t12-/m0/s1. The average molecular weight is 326 g/mol. The summed E-state index contributed by atoms with van der Waals surface area (Å²) in [6.07, 6.45) is -0.527. The van der Waals surface area contributed by atoms with Gasteiger partial charge in [-0.25, -0.2) is 0 Å².